The molecule has 0 fully saturated rings. The van der Waals surface area contributed by atoms with E-state index in [1.165, 1.54) is 13.2 Å². The van der Waals surface area contributed by atoms with Crippen molar-refractivity contribution < 1.29 is 13.9 Å². The van der Waals surface area contributed by atoms with Crippen molar-refractivity contribution in [2.75, 3.05) is 12.4 Å². The SMILES string of the molecule is CCCn1ncc2c1NC(=O)CC2c1ccc(OC)cc1F. The summed E-state index contributed by atoms with van der Waals surface area (Å²) in [6.45, 7) is 2.76. The summed E-state index contributed by atoms with van der Waals surface area (Å²) in [5.41, 5.74) is 1.35. The van der Waals surface area contributed by atoms with Crippen LogP contribution in [-0.2, 0) is 11.3 Å². The number of benzene rings is 1. The van der Waals surface area contributed by atoms with Crippen LogP contribution in [-0.4, -0.2) is 22.8 Å². The second-order valence-electron chi connectivity index (χ2n) is 5.36. The Balaban J connectivity index is 2.04. The molecule has 1 unspecified atom stereocenters. The van der Waals surface area contributed by atoms with Crippen LogP contribution in [0.15, 0.2) is 24.4 Å². The lowest BCUT2D eigenvalue weighted by Crippen LogP contribution is -2.25. The molecule has 116 valence electrons. The Morgan fingerprint density at radius 2 is 2.27 bits per heavy atom. The summed E-state index contributed by atoms with van der Waals surface area (Å²) in [7, 11) is 1.50. The molecule has 1 aromatic carbocycles. The smallest absolute Gasteiger partial charge is 0.226 e. The Bertz CT molecular complexity index is 711. The lowest BCUT2D eigenvalue weighted by molar-refractivity contribution is -0.116. The van der Waals surface area contributed by atoms with E-state index in [0.29, 0.717) is 23.7 Å². The standard InChI is InChI=1S/C16H18FN3O2/c1-3-6-20-16-13(9-18-20)12(8-15(21)19-16)11-5-4-10(22-2)7-14(11)17/h4-5,7,9,12H,3,6,8H2,1-2H3,(H,19,21). The van der Waals surface area contributed by atoms with Crippen LogP contribution >= 0.6 is 0 Å². The van der Waals surface area contributed by atoms with Gasteiger partial charge in [-0.05, 0) is 18.1 Å². The number of ether oxygens (including phenoxy) is 1. The van der Waals surface area contributed by atoms with E-state index in [1.807, 2.05) is 6.92 Å². The van der Waals surface area contributed by atoms with Crippen molar-refractivity contribution in [1.82, 2.24) is 9.78 Å². The first kappa shape index (κ1) is 14.6. The first-order valence-corrected chi connectivity index (χ1v) is 7.33. The van der Waals surface area contributed by atoms with Gasteiger partial charge in [0.15, 0.2) is 0 Å². The monoisotopic (exact) mass is 303 g/mol. The van der Waals surface area contributed by atoms with Crippen molar-refractivity contribution in [2.24, 2.45) is 0 Å². The van der Waals surface area contributed by atoms with Gasteiger partial charge in [-0.15, -0.1) is 0 Å². The zero-order valence-corrected chi connectivity index (χ0v) is 12.6. The molecule has 1 aliphatic heterocycles. The van der Waals surface area contributed by atoms with Crippen molar-refractivity contribution in [2.45, 2.75) is 32.2 Å². The number of amides is 1. The number of nitrogens with one attached hydrogen (secondary N) is 1. The first-order valence-electron chi connectivity index (χ1n) is 7.33. The number of hydrogen-bond donors (Lipinski definition) is 1. The number of rotatable bonds is 4. The van der Waals surface area contributed by atoms with Crippen LogP contribution in [0.25, 0.3) is 0 Å². The molecule has 1 N–H and O–H groups in total. The van der Waals surface area contributed by atoms with E-state index in [1.54, 1.807) is 23.0 Å². The summed E-state index contributed by atoms with van der Waals surface area (Å²) in [5.74, 6) is 0.334. The lowest BCUT2D eigenvalue weighted by atomic mass is 9.87. The average molecular weight is 303 g/mol. The molecule has 0 saturated carbocycles. The summed E-state index contributed by atoms with van der Waals surface area (Å²) in [4.78, 5) is 12.0. The van der Waals surface area contributed by atoms with E-state index < -0.39 is 0 Å². The van der Waals surface area contributed by atoms with Crippen molar-refractivity contribution in [1.29, 1.82) is 0 Å². The van der Waals surface area contributed by atoms with Gasteiger partial charge in [-0.2, -0.15) is 5.10 Å². The fourth-order valence-corrected chi connectivity index (χ4v) is 2.85. The minimum atomic E-state index is -0.367. The minimum absolute atomic E-state index is 0.120. The van der Waals surface area contributed by atoms with Gasteiger partial charge in [0, 0.05) is 30.5 Å². The zero-order chi connectivity index (χ0) is 15.7. The highest BCUT2D eigenvalue weighted by molar-refractivity contribution is 5.94. The molecule has 1 aliphatic rings. The van der Waals surface area contributed by atoms with Crippen molar-refractivity contribution in [3.05, 3.63) is 41.3 Å². The molecule has 6 heteroatoms. The van der Waals surface area contributed by atoms with E-state index in [-0.39, 0.29) is 24.1 Å². The molecule has 1 aromatic heterocycles. The molecule has 0 bridgehead atoms. The van der Waals surface area contributed by atoms with E-state index >= 15 is 0 Å². The highest BCUT2D eigenvalue weighted by Gasteiger charge is 2.31. The van der Waals surface area contributed by atoms with E-state index in [0.717, 1.165) is 12.0 Å². The number of aromatic nitrogens is 2. The van der Waals surface area contributed by atoms with Crippen molar-refractivity contribution in [3.63, 3.8) is 0 Å². The molecule has 5 nitrogen and oxygen atoms in total. The number of fused-ring (bicyclic) bond motifs is 1. The van der Waals surface area contributed by atoms with Gasteiger partial charge in [-0.25, -0.2) is 9.07 Å². The molecule has 0 spiro atoms. The summed E-state index contributed by atoms with van der Waals surface area (Å²) >= 11 is 0. The van der Waals surface area contributed by atoms with Crippen LogP contribution in [0.1, 0.15) is 36.8 Å². The van der Waals surface area contributed by atoms with Crippen LogP contribution in [0.3, 0.4) is 0 Å². The molecule has 0 aliphatic carbocycles. The van der Waals surface area contributed by atoms with Gasteiger partial charge in [0.25, 0.3) is 0 Å². The maximum atomic E-state index is 14.4. The Kier molecular flexibility index (Phi) is 3.83. The van der Waals surface area contributed by atoms with Gasteiger partial charge >= 0.3 is 0 Å². The van der Waals surface area contributed by atoms with E-state index in [4.69, 9.17) is 4.74 Å². The van der Waals surface area contributed by atoms with Gasteiger partial charge in [0.1, 0.15) is 17.4 Å². The highest BCUT2D eigenvalue weighted by atomic mass is 19.1. The van der Waals surface area contributed by atoms with Gasteiger partial charge < -0.3 is 10.1 Å². The van der Waals surface area contributed by atoms with Crippen LogP contribution in [0.2, 0.25) is 0 Å². The maximum absolute atomic E-state index is 14.4. The Morgan fingerprint density at radius 3 is 2.95 bits per heavy atom. The molecular weight excluding hydrogens is 285 g/mol. The lowest BCUT2D eigenvalue weighted by Gasteiger charge is -2.24. The van der Waals surface area contributed by atoms with Crippen molar-refractivity contribution >= 4 is 11.7 Å². The summed E-state index contributed by atoms with van der Waals surface area (Å²) in [6, 6.07) is 4.73. The molecule has 0 saturated heterocycles. The van der Waals surface area contributed by atoms with Gasteiger partial charge in [0.2, 0.25) is 5.91 Å². The number of aryl methyl sites for hydroxylation is 1. The number of anilines is 1. The van der Waals surface area contributed by atoms with Gasteiger partial charge in [-0.3, -0.25) is 4.79 Å². The Hall–Kier alpha value is -2.37. The second kappa shape index (κ2) is 5.79. The van der Waals surface area contributed by atoms with Gasteiger partial charge in [0.05, 0.1) is 13.3 Å². The number of carbonyl (C=O) groups excluding carboxylic acids is 1. The van der Waals surface area contributed by atoms with Crippen molar-refractivity contribution in [3.8, 4) is 5.75 Å². The molecule has 2 aromatic rings. The summed E-state index contributed by atoms with van der Waals surface area (Å²) < 4.78 is 21.2. The molecular formula is C16H18FN3O2. The third-order valence-electron chi connectivity index (χ3n) is 3.91. The molecule has 1 atom stereocenters. The fourth-order valence-electron chi connectivity index (χ4n) is 2.85. The molecule has 3 rings (SSSR count). The summed E-state index contributed by atoms with van der Waals surface area (Å²) in [6.07, 6.45) is 2.85. The third-order valence-corrected chi connectivity index (χ3v) is 3.91. The number of hydrogen-bond acceptors (Lipinski definition) is 3. The summed E-state index contributed by atoms with van der Waals surface area (Å²) in [5, 5.41) is 7.17. The highest BCUT2D eigenvalue weighted by Crippen LogP contribution is 2.38. The number of carbonyl (C=O) groups is 1. The van der Waals surface area contributed by atoms with E-state index in [9.17, 15) is 9.18 Å². The zero-order valence-electron chi connectivity index (χ0n) is 12.6. The fraction of sp³-hybridized carbons (Fsp3) is 0.375. The average Bonchev–Trinajstić information content (AvgIpc) is 2.90. The van der Waals surface area contributed by atoms with Crippen LogP contribution in [0.5, 0.6) is 5.75 Å². The van der Waals surface area contributed by atoms with E-state index in [2.05, 4.69) is 10.4 Å². The number of methoxy groups -OCH3 is 1. The normalized spacial score (nSPS) is 17.0. The van der Waals surface area contributed by atoms with Gasteiger partial charge in [-0.1, -0.05) is 13.0 Å². The predicted molar refractivity (Wildman–Crippen MR) is 80.6 cm³/mol. The Morgan fingerprint density at radius 1 is 1.45 bits per heavy atom. The predicted octanol–water partition coefficient (Wildman–Crippen LogP) is 2.91. The quantitative estimate of drug-likeness (QED) is 0.945. The van der Waals surface area contributed by atoms with Crippen LogP contribution in [0, 0.1) is 5.82 Å². The Labute approximate surface area is 128 Å². The second-order valence-corrected chi connectivity index (χ2v) is 5.36. The largest absolute Gasteiger partial charge is 0.497 e. The van der Waals surface area contributed by atoms with Crippen LogP contribution in [0.4, 0.5) is 10.2 Å². The topological polar surface area (TPSA) is 56.2 Å². The molecule has 0 radical (unpaired) electrons. The number of nitrogens with zero attached hydrogens (tertiary/aromatic N) is 2. The minimum Gasteiger partial charge on any atom is -0.497 e. The maximum Gasteiger partial charge on any atom is 0.226 e. The van der Waals surface area contributed by atoms with Crippen LogP contribution < -0.4 is 10.1 Å². The molecule has 1 amide bonds. The first-order chi connectivity index (χ1) is 10.6. The third kappa shape index (κ3) is 2.45. The molecule has 2 heterocycles. The molecule has 22 heavy (non-hydrogen) atoms. The number of halogens is 1.